The van der Waals surface area contributed by atoms with Crippen molar-refractivity contribution < 1.29 is 19.1 Å². The second-order valence-corrected chi connectivity index (χ2v) is 7.07. The molecule has 1 aromatic heterocycles. The number of ether oxygens (including phenoxy) is 2. The van der Waals surface area contributed by atoms with E-state index in [4.69, 9.17) is 9.47 Å². The van der Waals surface area contributed by atoms with Crippen LogP contribution in [0.2, 0.25) is 0 Å². The highest BCUT2D eigenvalue weighted by Gasteiger charge is 2.25. The standard InChI is InChI=1S/C25H22N2O4/c28-24(31-23-16-26-21-14-8-7-13-20(21)23)22(15-18-9-3-1-4-10-18)27-25(29)30-17-19-11-5-2-6-12-19/h1-14,16,22,26H,15,17H2,(H,27,29)/t22-/m0/s1. The van der Waals surface area contributed by atoms with E-state index in [9.17, 15) is 9.59 Å². The topological polar surface area (TPSA) is 80.4 Å². The van der Waals surface area contributed by atoms with Gasteiger partial charge >= 0.3 is 12.1 Å². The van der Waals surface area contributed by atoms with Crippen LogP contribution in [0.25, 0.3) is 10.9 Å². The third kappa shape index (κ3) is 5.30. The summed E-state index contributed by atoms with van der Waals surface area (Å²) < 4.78 is 10.9. The maximum Gasteiger partial charge on any atom is 0.408 e. The number of aromatic amines is 1. The zero-order valence-electron chi connectivity index (χ0n) is 16.8. The molecule has 0 aliphatic rings. The summed E-state index contributed by atoms with van der Waals surface area (Å²) in [5.41, 5.74) is 2.62. The third-order valence-corrected chi connectivity index (χ3v) is 4.83. The van der Waals surface area contributed by atoms with E-state index in [2.05, 4.69) is 10.3 Å². The predicted octanol–water partition coefficient (Wildman–Crippen LogP) is 4.61. The number of carbonyl (C=O) groups is 2. The Morgan fingerprint density at radius 1 is 0.839 bits per heavy atom. The Bertz CT molecular complexity index is 1160. The minimum atomic E-state index is -0.903. The van der Waals surface area contributed by atoms with Gasteiger partial charge < -0.3 is 19.8 Å². The lowest BCUT2D eigenvalue weighted by Gasteiger charge is -2.17. The monoisotopic (exact) mass is 414 g/mol. The Morgan fingerprint density at radius 2 is 1.48 bits per heavy atom. The lowest BCUT2D eigenvalue weighted by molar-refractivity contribution is -0.136. The number of nitrogens with one attached hydrogen (secondary N) is 2. The summed E-state index contributed by atoms with van der Waals surface area (Å²) >= 11 is 0. The van der Waals surface area contributed by atoms with Crippen molar-refractivity contribution in [2.75, 3.05) is 0 Å². The Labute approximate surface area is 179 Å². The molecule has 2 N–H and O–H groups in total. The van der Waals surface area contributed by atoms with Gasteiger partial charge in [-0.1, -0.05) is 72.8 Å². The number of hydrogen-bond donors (Lipinski definition) is 2. The first-order chi connectivity index (χ1) is 15.2. The molecule has 156 valence electrons. The van der Waals surface area contributed by atoms with Crippen molar-refractivity contribution >= 4 is 23.0 Å². The molecule has 1 atom stereocenters. The molecule has 0 spiro atoms. The van der Waals surface area contributed by atoms with Crippen LogP contribution < -0.4 is 10.1 Å². The summed E-state index contributed by atoms with van der Waals surface area (Å²) in [7, 11) is 0. The fourth-order valence-electron chi connectivity index (χ4n) is 3.26. The number of amides is 1. The molecule has 0 saturated heterocycles. The van der Waals surface area contributed by atoms with Crippen LogP contribution in [0.3, 0.4) is 0 Å². The molecular weight excluding hydrogens is 392 g/mol. The molecule has 0 saturated carbocycles. The SMILES string of the molecule is O=C(N[C@@H](Cc1ccccc1)C(=O)Oc1c[nH]c2ccccc12)OCc1ccccc1. The van der Waals surface area contributed by atoms with Crippen LogP contribution in [0.15, 0.2) is 91.1 Å². The lowest BCUT2D eigenvalue weighted by atomic mass is 10.1. The van der Waals surface area contributed by atoms with E-state index in [0.717, 1.165) is 22.0 Å². The molecule has 0 unspecified atom stereocenters. The van der Waals surface area contributed by atoms with Crippen molar-refractivity contribution in [2.45, 2.75) is 19.1 Å². The molecule has 6 heteroatoms. The van der Waals surface area contributed by atoms with Crippen molar-refractivity contribution in [1.82, 2.24) is 10.3 Å². The average Bonchev–Trinajstić information content (AvgIpc) is 3.21. The highest BCUT2D eigenvalue weighted by Crippen LogP contribution is 2.25. The van der Waals surface area contributed by atoms with Crippen LogP contribution in [-0.4, -0.2) is 23.1 Å². The third-order valence-electron chi connectivity index (χ3n) is 4.83. The van der Waals surface area contributed by atoms with Gasteiger partial charge in [0.2, 0.25) is 0 Å². The zero-order chi connectivity index (χ0) is 21.5. The summed E-state index contributed by atoms with van der Waals surface area (Å²) in [5, 5.41) is 3.44. The molecule has 4 rings (SSSR count). The van der Waals surface area contributed by atoms with Gasteiger partial charge in [-0.2, -0.15) is 0 Å². The predicted molar refractivity (Wildman–Crippen MR) is 118 cm³/mol. The van der Waals surface area contributed by atoms with Crippen molar-refractivity contribution in [3.8, 4) is 5.75 Å². The summed E-state index contributed by atoms with van der Waals surface area (Å²) in [6.07, 6.45) is 1.24. The molecule has 1 heterocycles. The first-order valence-electron chi connectivity index (χ1n) is 9.98. The number of carbonyl (C=O) groups excluding carboxylic acids is 2. The Hall–Kier alpha value is -4.06. The molecule has 0 aliphatic heterocycles. The minimum absolute atomic E-state index is 0.113. The summed E-state index contributed by atoms with van der Waals surface area (Å²) in [6, 6.07) is 25.4. The Morgan fingerprint density at radius 3 is 2.23 bits per heavy atom. The summed E-state index contributed by atoms with van der Waals surface area (Å²) in [4.78, 5) is 28.4. The number of aromatic nitrogens is 1. The number of esters is 1. The molecule has 4 aromatic rings. The summed E-state index contributed by atoms with van der Waals surface area (Å²) in [5.74, 6) is -0.150. The van der Waals surface area contributed by atoms with Crippen LogP contribution in [-0.2, 0) is 22.6 Å². The smallest absolute Gasteiger partial charge is 0.408 e. The number of alkyl carbamates (subject to hydrolysis) is 1. The molecule has 0 radical (unpaired) electrons. The highest BCUT2D eigenvalue weighted by atomic mass is 16.6. The highest BCUT2D eigenvalue weighted by molar-refractivity contribution is 5.90. The van der Waals surface area contributed by atoms with Gasteiger partial charge in [0.25, 0.3) is 0 Å². The van der Waals surface area contributed by atoms with E-state index >= 15 is 0 Å². The fourth-order valence-corrected chi connectivity index (χ4v) is 3.26. The number of para-hydroxylation sites is 1. The Kier molecular flexibility index (Phi) is 6.28. The number of H-pyrrole nitrogens is 1. The molecule has 6 nitrogen and oxygen atoms in total. The lowest BCUT2D eigenvalue weighted by Crippen LogP contribution is -2.44. The van der Waals surface area contributed by atoms with Gasteiger partial charge in [-0.05, 0) is 23.3 Å². The van der Waals surface area contributed by atoms with Crippen molar-refractivity contribution in [3.63, 3.8) is 0 Å². The van der Waals surface area contributed by atoms with Crippen LogP contribution in [0.4, 0.5) is 4.79 Å². The van der Waals surface area contributed by atoms with Crippen molar-refractivity contribution in [3.05, 3.63) is 102 Å². The number of hydrogen-bond acceptors (Lipinski definition) is 4. The molecule has 3 aromatic carbocycles. The van der Waals surface area contributed by atoms with Gasteiger partial charge in [0, 0.05) is 23.5 Å². The molecule has 31 heavy (non-hydrogen) atoms. The molecular formula is C25H22N2O4. The van der Waals surface area contributed by atoms with Crippen molar-refractivity contribution in [1.29, 1.82) is 0 Å². The van der Waals surface area contributed by atoms with Crippen molar-refractivity contribution in [2.24, 2.45) is 0 Å². The molecule has 0 aliphatic carbocycles. The molecule has 0 fully saturated rings. The second-order valence-electron chi connectivity index (χ2n) is 7.07. The van der Waals surface area contributed by atoms with Gasteiger partial charge in [-0.25, -0.2) is 9.59 Å². The van der Waals surface area contributed by atoms with E-state index in [0.29, 0.717) is 5.75 Å². The fraction of sp³-hybridized carbons (Fsp3) is 0.120. The first-order valence-corrected chi connectivity index (χ1v) is 9.98. The number of rotatable bonds is 7. The van der Waals surface area contributed by atoms with E-state index in [1.807, 2.05) is 84.9 Å². The van der Waals surface area contributed by atoms with Gasteiger partial charge in [0.1, 0.15) is 12.6 Å². The van der Waals surface area contributed by atoms with Gasteiger partial charge in [-0.3, -0.25) is 0 Å². The molecule has 1 amide bonds. The Balaban J connectivity index is 1.46. The first kappa shape index (κ1) is 20.2. The van der Waals surface area contributed by atoms with Gasteiger partial charge in [-0.15, -0.1) is 0 Å². The average molecular weight is 414 g/mol. The van der Waals surface area contributed by atoms with Crippen LogP contribution in [0.1, 0.15) is 11.1 Å². The van der Waals surface area contributed by atoms with Crippen LogP contribution in [0, 0.1) is 0 Å². The molecule has 0 bridgehead atoms. The van der Waals surface area contributed by atoms with Gasteiger partial charge in [0.05, 0.1) is 0 Å². The van der Waals surface area contributed by atoms with E-state index < -0.39 is 18.1 Å². The summed E-state index contributed by atoms with van der Waals surface area (Å²) in [6.45, 7) is 0.113. The van der Waals surface area contributed by atoms with E-state index in [1.165, 1.54) is 0 Å². The largest absolute Gasteiger partial charge is 0.445 e. The van der Waals surface area contributed by atoms with E-state index in [1.54, 1.807) is 6.20 Å². The maximum absolute atomic E-state index is 13.0. The minimum Gasteiger partial charge on any atom is -0.445 e. The van der Waals surface area contributed by atoms with Crippen LogP contribution in [0.5, 0.6) is 5.75 Å². The number of fused-ring (bicyclic) bond motifs is 1. The zero-order valence-corrected chi connectivity index (χ0v) is 16.8. The van der Waals surface area contributed by atoms with E-state index in [-0.39, 0.29) is 13.0 Å². The quantitative estimate of drug-likeness (QED) is 0.433. The normalized spacial score (nSPS) is 11.6. The maximum atomic E-state index is 13.0. The van der Waals surface area contributed by atoms with Gasteiger partial charge in [0.15, 0.2) is 5.75 Å². The van der Waals surface area contributed by atoms with Crippen LogP contribution >= 0.6 is 0 Å². The second kappa shape index (κ2) is 9.63. The number of benzene rings is 3.